The summed E-state index contributed by atoms with van der Waals surface area (Å²) in [5.41, 5.74) is -0.501. The number of hydrogen-bond acceptors (Lipinski definition) is 3. The van der Waals surface area contributed by atoms with Crippen LogP contribution in [0.5, 0.6) is 0 Å². The Morgan fingerprint density at radius 1 is 1.38 bits per heavy atom. The van der Waals surface area contributed by atoms with Crippen LogP contribution >= 0.6 is 10.7 Å². The molecule has 0 atom stereocenters. The molecule has 0 heterocycles. The predicted octanol–water partition coefficient (Wildman–Crippen LogP) is 2.93. The lowest BCUT2D eigenvalue weighted by Gasteiger charge is -2.21. The van der Waals surface area contributed by atoms with Crippen LogP contribution in [0.1, 0.15) is 23.7 Å². The number of amides is 1. The van der Waals surface area contributed by atoms with E-state index in [1.165, 1.54) is 11.0 Å². The van der Waals surface area contributed by atoms with Gasteiger partial charge < -0.3 is 4.90 Å². The summed E-state index contributed by atoms with van der Waals surface area (Å²) in [6, 6.07) is 0.946. The number of benzene rings is 1. The zero-order chi connectivity index (χ0) is 16.2. The summed E-state index contributed by atoms with van der Waals surface area (Å²) in [6.45, 7) is 5.76. The van der Waals surface area contributed by atoms with Crippen molar-refractivity contribution in [3.63, 3.8) is 0 Å². The fourth-order valence-corrected chi connectivity index (χ4v) is 2.81. The lowest BCUT2D eigenvalue weighted by Crippen LogP contribution is -2.33. The Kier molecular flexibility index (Phi) is 5.86. The van der Waals surface area contributed by atoms with E-state index in [0.717, 1.165) is 0 Å². The van der Waals surface area contributed by atoms with Crippen molar-refractivity contribution >= 4 is 25.6 Å². The Bertz CT molecular complexity index is 662. The van der Waals surface area contributed by atoms with E-state index in [9.17, 15) is 22.0 Å². The molecule has 21 heavy (non-hydrogen) atoms. The number of hydrogen-bond donors (Lipinski definition) is 0. The topological polar surface area (TPSA) is 54.5 Å². The smallest absolute Gasteiger partial charge is 0.262 e. The average Bonchev–Trinajstić information content (AvgIpc) is 2.39. The van der Waals surface area contributed by atoms with Crippen molar-refractivity contribution in [2.24, 2.45) is 0 Å². The number of carbonyl (C=O) groups excluding carboxylic acids is 1. The zero-order valence-electron chi connectivity index (χ0n) is 11.3. The van der Waals surface area contributed by atoms with Gasteiger partial charge >= 0.3 is 0 Å². The normalized spacial score (nSPS) is 11.2. The van der Waals surface area contributed by atoms with E-state index in [1.54, 1.807) is 0 Å². The van der Waals surface area contributed by atoms with Crippen LogP contribution in [0.3, 0.4) is 0 Å². The third-order valence-electron chi connectivity index (χ3n) is 2.65. The Balaban J connectivity index is 3.43. The molecule has 0 bridgehead atoms. The van der Waals surface area contributed by atoms with Gasteiger partial charge in [-0.15, -0.1) is 6.58 Å². The molecule has 8 heteroatoms. The molecule has 0 unspecified atom stereocenters. The molecule has 0 aliphatic carbocycles. The van der Waals surface area contributed by atoms with E-state index in [1.807, 2.05) is 6.92 Å². The van der Waals surface area contributed by atoms with Crippen LogP contribution in [0.4, 0.5) is 8.78 Å². The van der Waals surface area contributed by atoms with Gasteiger partial charge in [-0.2, -0.15) is 0 Å². The van der Waals surface area contributed by atoms with Gasteiger partial charge in [0.15, 0.2) is 11.6 Å². The van der Waals surface area contributed by atoms with Crippen molar-refractivity contribution in [3.8, 4) is 0 Å². The molecular weight excluding hydrogens is 324 g/mol. The van der Waals surface area contributed by atoms with E-state index in [0.29, 0.717) is 25.1 Å². The monoisotopic (exact) mass is 337 g/mol. The number of nitrogens with zero attached hydrogens (tertiary/aromatic N) is 1. The Hall–Kier alpha value is -1.47. The van der Waals surface area contributed by atoms with Gasteiger partial charge in [-0.05, 0) is 18.6 Å². The van der Waals surface area contributed by atoms with Crippen molar-refractivity contribution < 1.29 is 22.0 Å². The third-order valence-corrected chi connectivity index (χ3v) is 4.01. The molecule has 0 saturated heterocycles. The van der Waals surface area contributed by atoms with Gasteiger partial charge in [-0.3, -0.25) is 4.79 Å². The molecule has 0 saturated carbocycles. The summed E-state index contributed by atoms with van der Waals surface area (Å²) < 4.78 is 49.4. The van der Waals surface area contributed by atoms with E-state index in [4.69, 9.17) is 10.7 Å². The van der Waals surface area contributed by atoms with E-state index in [-0.39, 0.29) is 6.54 Å². The molecule has 0 aliphatic heterocycles. The second-order valence-electron chi connectivity index (χ2n) is 4.24. The molecule has 4 nitrogen and oxygen atoms in total. The molecule has 116 valence electrons. The quantitative estimate of drug-likeness (QED) is 0.592. The van der Waals surface area contributed by atoms with Crippen molar-refractivity contribution in [2.45, 2.75) is 18.2 Å². The highest BCUT2D eigenvalue weighted by molar-refractivity contribution is 8.13. The summed E-state index contributed by atoms with van der Waals surface area (Å²) in [4.78, 5) is 12.8. The van der Waals surface area contributed by atoms with Crippen LogP contribution in [0.2, 0.25) is 0 Å². The second kappa shape index (κ2) is 7.00. The number of halogens is 3. The minimum atomic E-state index is -4.39. The van der Waals surface area contributed by atoms with E-state index >= 15 is 0 Å². The predicted molar refractivity (Wildman–Crippen MR) is 75.8 cm³/mol. The first-order valence-electron chi connectivity index (χ1n) is 6.06. The first-order valence-corrected chi connectivity index (χ1v) is 8.37. The molecular formula is C13H14ClF2NO3S. The van der Waals surface area contributed by atoms with Gasteiger partial charge in [0.2, 0.25) is 0 Å². The van der Waals surface area contributed by atoms with Crippen LogP contribution in [-0.2, 0) is 9.05 Å². The first kappa shape index (κ1) is 17.6. The highest BCUT2D eigenvalue weighted by Crippen LogP contribution is 2.24. The maximum Gasteiger partial charge on any atom is 0.262 e. The Morgan fingerprint density at radius 2 is 1.95 bits per heavy atom. The van der Waals surface area contributed by atoms with Crippen molar-refractivity contribution in [1.82, 2.24) is 4.90 Å². The van der Waals surface area contributed by atoms with Gasteiger partial charge in [0, 0.05) is 23.8 Å². The standard InChI is InChI=1S/C13H14ClF2NO3S/c1-3-5-17(6-4-2)13(18)9-7-10(15)11(16)8-12(9)21(14,19)20/h3,7-8H,1,4-6H2,2H3. The number of carbonyl (C=O) groups is 1. The van der Waals surface area contributed by atoms with Crippen molar-refractivity contribution in [2.75, 3.05) is 13.1 Å². The van der Waals surface area contributed by atoms with Crippen LogP contribution in [0.15, 0.2) is 29.7 Å². The van der Waals surface area contributed by atoms with Gasteiger partial charge in [-0.25, -0.2) is 17.2 Å². The summed E-state index contributed by atoms with van der Waals surface area (Å²) in [6.07, 6.45) is 2.05. The molecule has 0 N–H and O–H groups in total. The summed E-state index contributed by atoms with van der Waals surface area (Å²) in [5, 5.41) is 0. The second-order valence-corrected chi connectivity index (χ2v) is 6.77. The van der Waals surface area contributed by atoms with Crippen LogP contribution in [0.25, 0.3) is 0 Å². The highest BCUT2D eigenvalue weighted by atomic mass is 35.7. The SMILES string of the molecule is C=CCN(CCC)C(=O)c1cc(F)c(F)cc1S(=O)(=O)Cl. The summed E-state index contributed by atoms with van der Waals surface area (Å²) in [5.74, 6) is -3.47. The minimum Gasteiger partial charge on any atom is -0.335 e. The fourth-order valence-electron chi connectivity index (χ4n) is 1.77. The Labute approximate surface area is 126 Å². The Morgan fingerprint density at radius 3 is 2.43 bits per heavy atom. The van der Waals surface area contributed by atoms with Crippen LogP contribution in [0, 0.1) is 11.6 Å². The average molecular weight is 338 g/mol. The van der Waals surface area contributed by atoms with Gasteiger partial charge in [0.25, 0.3) is 15.0 Å². The molecule has 0 spiro atoms. The lowest BCUT2D eigenvalue weighted by molar-refractivity contribution is 0.0769. The summed E-state index contributed by atoms with van der Waals surface area (Å²) in [7, 11) is 0.794. The third kappa shape index (κ3) is 4.25. The lowest BCUT2D eigenvalue weighted by atomic mass is 10.1. The molecule has 1 aromatic carbocycles. The molecule has 1 amide bonds. The van der Waals surface area contributed by atoms with Gasteiger partial charge in [0.1, 0.15) is 0 Å². The van der Waals surface area contributed by atoms with Gasteiger partial charge in [-0.1, -0.05) is 13.0 Å². The molecule has 0 aromatic heterocycles. The largest absolute Gasteiger partial charge is 0.335 e. The molecule has 1 rings (SSSR count). The summed E-state index contributed by atoms with van der Waals surface area (Å²) >= 11 is 0. The minimum absolute atomic E-state index is 0.146. The fraction of sp³-hybridized carbons (Fsp3) is 0.308. The van der Waals surface area contributed by atoms with Crippen molar-refractivity contribution in [3.05, 3.63) is 42.0 Å². The zero-order valence-corrected chi connectivity index (χ0v) is 12.8. The van der Waals surface area contributed by atoms with E-state index < -0.39 is 37.1 Å². The molecule has 0 fully saturated rings. The molecule has 0 radical (unpaired) electrons. The van der Waals surface area contributed by atoms with Crippen LogP contribution in [-0.4, -0.2) is 32.3 Å². The molecule has 1 aromatic rings. The highest BCUT2D eigenvalue weighted by Gasteiger charge is 2.26. The van der Waals surface area contributed by atoms with Crippen LogP contribution < -0.4 is 0 Å². The number of rotatable bonds is 6. The van der Waals surface area contributed by atoms with Gasteiger partial charge in [0.05, 0.1) is 10.5 Å². The van der Waals surface area contributed by atoms with Crippen molar-refractivity contribution in [1.29, 1.82) is 0 Å². The maximum absolute atomic E-state index is 13.3. The maximum atomic E-state index is 13.3. The van der Waals surface area contributed by atoms with E-state index in [2.05, 4.69) is 6.58 Å². The molecule has 0 aliphatic rings. The first-order chi connectivity index (χ1) is 9.72.